The fourth-order valence-electron chi connectivity index (χ4n) is 1.73. The molecule has 0 aliphatic heterocycles. The summed E-state index contributed by atoms with van der Waals surface area (Å²) in [6.07, 6.45) is 0.720. The van der Waals surface area contributed by atoms with Gasteiger partial charge >= 0.3 is 5.97 Å². The minimum Gasteiger partial charge on any atom is -0.497 e. The molecule has 1 rings (SSSR count). The van der Waals surface area contributed by atoms with Crippen LogP contribution in [0.2, 0.25) is 0 Å². The van der Waals surface area contributed by atoms with Gasteiger partial charge in [0.2, 0.25) is 0 Å². The van der Waals surface area contributed by atoms with Crippen molar-refractivity contribution in [2.75, 3.05) is 20.8 Å². The molecule has 0 saturated carbocycles. The van der Waals surface area contributed by atoms with Gasteiger partial charge in [0.1, 0.15) is 11.5 Å². The van der Waals surface area contributed by atoms with Crippen molar-refractivity contribution in [1.82, 2.24) is 0 Å². The quantitative estimate of drug-likeness (QED) is 0.571. The molecule has 19 heavy (non-hydrogen) atoms. The summed E-state index contributed by atoms with van der Waals surface area (Å²) in [4.78, 5) is 11.3. The summed E-state index contributed by atoms with van der Waals surface area (Å²) in [5.74, 6) is 1.14. The zero-order valence-corrected chi connectivity index (χ0v) is 12.2. The van der Waals surface area contributed by atoms with E-state index in [0.717, 1.165) is 11.3 Å². The van der Waals surface area contributed by atoms with Crippen molar-refractivity contribution in [3.05, 3.63) is 23.8 Å². The number of carbonyl (C=O) groups excluding carboxylic acids is 1. The summed E-state index contributed by atoms with van der Waals surface area (Å²) in [5, 5.41) is -0.318. The van der Waals surface area contributed by atoms with Gasteiger partial charge in [-0.3, -0.25) is 4.79 Å². The third kappa shape index (κ3) is 4.99. The number of methoxy groups -OCH3 is 2. The molecule has 1 atom stereocenters. The zero-order chi connectivity index (χ0) is 14.3. The Balaban J connectivity index is 2.68. The standard InChI is InChI=1S/C14H19ClO4/c1-4-19-14(16)8-11(15)7-10-5-6-12(17-2)9-13(10)18-3/h5-6,9,11H,4,7-8H2,1-3H3. The van der Waals surface area contributed by atoms with Crippen molar-refractivity contribution in [2.45, 2.75) is 25.1 Å². The molecule has 4 nitrogen and oxygen atoms in total. The van der Waals surface area contributed by atoms with Crippen LogP contribution in [0.15, 0.2) is 18.2 Å². The number of hydrogen-bond acceptors (Lipinski definition) is 4. The highest BCUT2D eigenvalue weighted by atomic mass is 35.5. The van der Waals surface area contributed by atoms with Crippen LogP contribution in [0.25, 0.3) is 0 Å². The molecule has 1 unspecified atom stereocenters. The first-order valence-corrected chi connectivity index (χ1v) is 6.55. The van der Waals surface area contributed by atoms with E-state index in [9.17, 15) is 4.79 Å². The van der Waals surface area contributed by atoms with Gasteiger partial charge in [-0.2, -0.15) is 0 Å². The van der Waals surface area contributed by atoms with E-state index in [-0.39, 0.29) is 17.8 Å². The summed E-state index contributed by atoms with van der Waals surface area (Å²) >= 11 is 6.16. The second-order valence-electron chi connectivity index (χ2n) is 3.99. The summed E-state index contributed by atoms with van der Waals surface area (Å²) in [7, 11) is 3.19. The Kier molecular flexibility index (Phi) is 6.50. The van der Waals surface area contributed by atoms with Gasteiger partial charge in [-0.25, -0.2) is 0 Å². The molecule has 0 N–H and O–H groups in total. The number of benzene rings is 1. The second kappa shape index (κ2) is 7.89. The molecule has 0 radical (unpaired) electrons. The lowest BCUT2D eigenvalue weighted by molar-refractivity contribution is -0.143. The number of esters is 1. The van der Waals surface area contributed by atoms with E-state index in [1.54, 1.807) is 27.2 Å². The zero-order valence-electron chi connectivity index (χ0n) is 11.4. The predicted octanol–water partition coefficient (Wildman–Crippen LogP) is 2.81. The minimum atomic E-state index is -0.318. The Hall–Kier alpha value is -1.42. The third-order valence-electron chi connectivity index (χ3n) is 2.63. The van der Waals surface area contributed by atoms with Gasteiger partial charge in [0.25, 0.3) is 0 Å². The van der Waals surface area contributed by atoms with Crippen LogP contribution in [-0.4, -0.2) is 32.2 Å². The van der Waals surface area contributed by atoms with Gasteiger partial charge in [-0.1, -0.05) is 6.07 Å². The molecule has 5 heteroatoms. The van der Waals surface area contributed by atoms with Crippen LogP contribution in [0.4, 0.5) is 0 Å². The van der Waals surface area contributed by atoms with Crippen LogP contribution in [0.5, 0.6) is 11.5 Å². The van der Waals surface area contributed by atoms with E-state index >= 15 is 0 Å². The average molecular weight is 287 g/mol. The lowest BCUT2D eigenvalue weighted by atomic mass is 10.1. The van der Waals surface area contributed by atoms with Gasteiger partial charge in [0, 0.05) is 11.4 Å². The Morgan fingerprint density at radius 1 is 1.32 bits per heavy atom. The maximum Gasteiger partial charge on any atom is 0.307 e. The summed E-state index contributed by atoms with van der Waals surface area (Å²) < 4.78 is 15.3. The normalized spacial score (nSPS) is 11.8. The molecule has 106 valence electrons. The molecular formula is C14H19ClO4. The number of rotatable bonds is 7. The predicted molar refractivity (Wildman–Crippen MR) is 74.1 cm³/mol. The van der Waals surface area contributed by atoms with E-state index in [1.807, 2.05) is 12.1 Å². The molecule has 0 saturated heterocycles. The SMILES string of the molecule is CCOC(=O)CC(Cl)Cc1ccc(OC)cc1OC. The van der Waals surface area contributed by atoms with Gasteiger partial charge in [-0.15, -0.1) is 11.6 Å². The van der Waals surface area contributed by atoms with Gasteiger partial charge < -0.3 is 14.2 Å². The monoisotopic (exact) mass is 286 g/mol. The Morgan fingerprint density at radius 2 is 2.05 bits per heavy atom. The van der Waals surface area contributed by atoms with E-state index in [1.165, 1.54) is 0 Å². The second-order valence-corrected chi connectivity index (χ2v) is 4.61. The fourth-order valence-corrected chi connectivity index (χ4v) is 2.02. The first kappa shape index (κ1) is 15.6. The highest BCUT2D eigenvalue weighted by Gasteiger charge is 2.15. The first-order chi connectivity index (χ1) is 9.10. The molecule has 1 aromatic carbocycles. The minimum absolute atomic E-state index is 0.185. The molecule has 0 aliphatic carbocycles. The van der Waals surface area contributed by atoms with Crippen molar-refractivity contribution in [1.29, 1.82) is 0 Å². The van der Waals surface area contributed by atoms with Crippen LogP contribution in [0.3, 0.4) is 0 Å². The van der Waals surface area contributed by atoms with E-state index < -0.39 is 0 Å². The van der Waals surface area contributed by atoms with E-state index in [0.29, 0.717) is 18.8 Å². The van der Waals surface area contributed by atoms with E-state index in [2.05, 4.69) is 0 Å². The molecule has 1 aromatic rings. The summed E-state index contributed by atoms with van der Waals surface area (Å²) in [5.41, 5.74) is 0.938. The number of alkyl halides is 1. The Labute approximate surface area is 118 Å². The number of hydrogen-bond donors (Lipinski definition) is 0. The maximum absolute atomic E-state index is 11.3. The molecule has 0 fully saturated rings. The van der Waals surface area contributed by atoms with Crippen LogP contribution < -0.4 is 9.47 Å². The smallest absolute Gasteiger partial charge is 0.307 e. The number of carbonyl (C=O) groups is 1. The number of halogens is 1. The highest BCUT2D eigenvalue weighted by Crippen LogP contribution is 2.27. The highest BCUT2D eigenvalue weighted by molar-refractivity contribution is 6.21. The van der Waals surface area contributed by atoms with Crippen molar-refractivity contribution < 1.29 is 19.0 Å². The van der Waals surface area contributed by atoms with Gasteiger partial charge in [0.05, 0.1) is 27.2 Å². The Morgan fingerprint density at radius 3 is 2.63 bits per heavy atom. The van der Waals surface area contributed by atoms with Gasteiger partial charge in [-0.05, 0) is 25.0 Å². The van der Waals surface area contributed by atoms with Crippen molar-refractivity contribution in [2.24, 2.45) is 0 Å². The average Bonchev–Trinajstić information content (AvgIpc) is 2.39. The molecule has 0 aliphatic rings. The molecule has 0 heterocycles. The first-order valence-electron chi connectivity index (χ1n) is 6.11. The van der Waals surface area contributed by atoms with Crippen LogP contribution >= 0.6 is 11.6 Å². The maximum atomic E-state index is 11.3. The van der Waals surface area contributed by atoms with Crippen molar-refractivity contribution in [3.8, 4) is 11.5 Å². The molecule has 0 spiro atoms. The summed E-state index contributed by atoms with van der Waals surface area (Å²) in [6.45, 7) is 2.14. The molecule has 0 aromatic heterocycles. The topological polar surface area (TPSA) is 44.8 Å². The molecular weight excluding hydrogens is 268 g/mol. The van der Waals surface area contributed by atoms with Gasteiger partial charge in [0.15, 0.2) is 0 Å². The van der Waals surface area contributed by atoms with E-state index in [4.69, 9.17) is 25.8 Å². The van der Waals surface area contributed by atoms with Crippen molar-refractivity contribution >= 4 is 17.6 Å². The van der Waals surface area contributed by atoms with Crippen LogP contribution in [0.1, 0.15) is 18.9 Å². The third-order valence-corrected chi connectivity index (χ3v) is 2.94. The van der Waals surface area contributed by atoms with Crippen molar-refractivity contribution in [3.63, 3.8) is 0 Å². The summed E-state index contributed by atoms with van der Waals surface area (Å²) in [6, 6.07) is 5.52. The lowest BCUT2D eigenvalue weighted by Crippen LogP contribution is -2.14. The fraction of sp³-hybridized carbons (Fsp3) is 0.500. The van der Waals surface area contributed by atoms with Crippen LogP contribution in [0, 0.1) is 0 Å². The molecule has 0 bridgehead atoms. The Bertz CT molecular complexity index is 420. The molecule has 0 amide bonds. The lowest BCUT2D eigenvalue weighted by Gasteiger charge is -2.13. The number of ether oxygens (including phenoxy) is 3. The largest absolute Gasteiger partial charge is 0.497 e. The van der Waals surface area contributed by atoms with Crippen LogP contribution in [-0.2, 0) is 16.0 Å².